The summed E-state index contributed by atoms with van der Waals surface area (Å²) in [6.45, 7) is -0.227. The van der Waals surface area contributed by atoms with Crippen LogP contribution in [0.1, 0.15) is 48.9 Å². The van der Waals surface area contributed by atoms with Gasteiger partial charge in [0.15, 0.2) is 5.82 Å². The average molecular weight is 224 g/mol. The van der Waals surface area contributed by atoms with Crippen LogP contribution in [0.4, 0.5) is 4.39 Å². The second kappa shape index (κ2) is 3.30. The molecule has 1 aromatic heterocycles. The normalized spacial score (nSPS) is 20.1. The van der Waals surface area contributed by atoms with E-state index in [2.05, 4.69) is 5.10 Å². The monoisotopic (exact) mass is 224 g/mol. The molecule has 1 heterocycles. The molecule has 0 spiro atoms. The molecule has 5 heteroatoms. The lowest BCUT2D eigenvalue weighted by Gasteiger charge is -2.01. The van der Waals surface area contributed by atoms with Gasteiger partial charge in [0.1, 0.15) is 12.2 Å². The number of hydrogen-bond donors (Lipinski definition) is 1. The molecule has 0 aliphatic heterocycles. The Morgan fingerprint density at radius 2 is 2.00 bits per heavy atom. The third-order valence-corrected chi connectivity index (χ3v) is 3.17. The number of carboxylic acids is 1. The van der Waals surface area contributed by atoms with E-state index in [9.17, 15) is 9.18 Å². The predicted molar refractivity (Wildman–Crippen MR) is 53.8 cm³/mol. The van der Waals surface area contributed by atoms with Gasteiger partial charge in [0.05, 0.1) is 5.69 Å². The maximum absolute atomic E-state index is 14.0. The quantitative estimate of drug-likeness (QED) is 0.849. The summed E-state index contributed by atoms with van der Waals surface area (Å²) in [6, 6.07) is 0. The molecular weight excluding hydrogens is 211 g/mol. The largest absolute Gasteiger partial charge is 0.480 e. The molecule has 4 nitrogen and oxygen atoms in total. The molecule has 0 atom stereocenters. The fourth-order valence-corrected chi connectivity index (χ4v) is 2.09. The average Bonchev–Trinajstić information content (AvgIpc) is 3.08. The smallest absolute Gasteiger partial charge is 0.325 e. The predicted octanol–water partition coefficient (Wildman–Crippen LogP) is 1.86. The Hall–Kier alpha value is -1.39. The molecule has 0 radical (unpaired) electrons. The molecule has 1 aromatic rings. The van der Waals surface area contributed by atoms with E-state index in [1.54, 1.807) is 0 Å². The van der Waals surface area contributed by atoms with Crippen LogP contribution in [0.2, 0.25) is 0 Å². The van der Waals surface area contributed by atoms with Gasteiger partial charge in [-0.05, 0) is 25.7 Å². The molecule has 86 valence electrons. The van der Waals surface area contributed by atoms with Gasteiger partial charge in [-0.25, -0.2) is 4.39 Å². The van der Waals surface area contributed by atoms with Gasteiger partial charge < -0.3 is 5.11 Å². The number of aliphatic carboxylic acids is 1. The standard InChI is InChI=1S/C11H13FN2O2/c12-9-10(6-1-2-6)13-14(5-8(15)16)11(9)7-3-4-7/h6-7H,1-5H2,(H,15,16). The van der Waals surface area contributed by atoms with E-state index in [1.807, 2.05) is 0 Å². The van der Waals surface area contributed by atoms with Gasteiger partial charge in [0.2, 0.25) is 0 Å². The van der Waals surface area contributed by atoms with Crippen LogP contribution in [-0.2, 0) is 11.3 Å². The van der Waals surface area contributed by atoms with Crippen LogP contribution in [0.3, 0.4) is 0 Å². The first kappa shape index (κ1) is 9.81. The van der Waals surface area contributed by atoms with Gasteiger partial charge in [0.25, 0.3) is 0 Å². The van der Waals surface area contributed by atoms with Crippen molar-refractivity contribution in [2.45, 2.75) is 44.1 Å². The van der Waals surface area contributed by atoms with Crippen molar-refractivity contribution >= 4 is 5.97 Å². The zero-order chi connectivity index (χ0) is 11.3. The van der Waals surface area contributed by atoms with E-state index in [-0.39, 0.29) is 24.2 Å². The van der Waals surface area contributed by atoms with Crippen LogP contribution in [0.15, 0.2) is 0 Å². The number of rotatable bonds is 4. The molecule has 2 aliphatic carbocycles. The summed E-state index contributed by atoms with van der Waals surface area (Å²) in [6.07, 6.45) is 3.86. The van der Waals surface area contributed by atoms with Crippen molar-refractivity contribution in [1.82, 2.24) is 9.78 Å². The Bertz CT molecular complexity index is 447. The van der Waals surface area contributed by atoms with Crippen molar-refractivity contribution < 1.29 is 14.3 Å². The van der Waals surface area contributed by atoms with Crippen LogP contribution in [0.5, 0.6) is 0 Å². The Morgan fingerprint density at radius 3 is 2.50 bits per heavy atom. The summed E-state index contributed by atoms with van der Waals surface area (Å²) in [5.41, 5.74) is 1.01. The van der Waals surface area contributed by atoms with E-state index >= 15 is 0 Å². The van der Waals surface area contributed by atoms with Gasteiger partial charge in [-0.2, -0.15) is 5.10 Å². The minimum atomic E-state index is -0.966. The molecule has 1 N–H and O–H groups in total. The van der Waals surface area contributed by atoms with Crippen LogP contribution < -0.4 is 0 Å². The molecule has 0 bridgehead atoms. The summed E-state index contributed by atoms with van der Waals surface area (Å²) < 4.78 is 15.4. The van der Waals surface area contributed by atoms with Gasteiger partial charge in [-0.3, -0.25) is 9.48 Å². The first-order valence-corrected chi connectivity index (χ1v) is 5.64. The Balaban J connectivity index is 1.99. The molecule has 0 amide bonds. The van der Waals surface area contributed by atoms with E-state index < -0.39 is 5.97 Å². The number of aromatic nitrogens is 2. The zero-order valence-corrected chi connectivity index (χ0v) is 8.82. The lowest BCUT2D eigenvalue weighted by Crippen LogP contribution is -2.13. The Labute approximate surface area is 92.1 Å². The third-order valence-electron chi connectivity index (χ3n) is 3.17. The molecular formula is C11H13FN2O2. The molecule has 3 rings (SSSR count). The van der Waals surface area contributed by atoms with E-state index in [0.29, 0.717) is 11.4 Å². The fourth-order valence-electron chi connectivity index (χ4n) is 2.09. The van der Waals surface area contributed by atoms with E-state index in [4.69, 9.17) is 5.11 Å². The van der Waals surface area contributed by atoms with Crippen molar-refractivity contribution in [3.05, 3.63) is 17.2 Å². The van der Waals surface area contributed by atoms with Crippen molar-refractivity contribution in [3.8, 4) is 0 Å². The maximum atomic E-state index is 14.0. The highest BCUT2D eigenvalue weighted by atomic mass is 19.1. The fraction of sp³-hybridized carbons (Fsp3) is 0.636. The number of carboxylic acid groups (broad SMARTS) is 1. The summed E-state index contributed by atoms with van der Waals surface area (Å²) in [5, 5.41) is 12.9. The maximum Gasteiger partial charge on any atom is 0.325 e. The number of carbonyl (C=O) groups is 1. The third kappa shape index (κ3) is 1.60. The number of hydrogen-bond acceptors (Lipinski definition) is 2. The lowest BCUT2D eigenvalue weighted by molar-refractivity contribution is -0.137. The van der Waals surface area contributed by atoms with Crippen molar-refractivity contribution in [3.63, 3.8) is 0 Å². The molecule has 0 unspecified atom stereocenters. The van der Waals surface area contributed by atoms with Crippen molar-refractivity contribution in [2.24, 2.45) is 0 Å². The van der Waals surface area contributed by atoms with Gasteiger partial charge in [-0.1, -0.05) is 0 Å². The summed E-state index contributed by atoms with van der Waals surface area (Å²) in [5.74, 6) is -0.787. The highest BCUT2D eigenvalue weighted by molar-refractivity contribution is 5.66. The highest BCUT2D eigenvalue weighted by Gasteiger charge is 2.37. The molecule has 0 aromatic carbocycles. The van der Waals surface area contributed by atoms with Gasteiger partial charge in [-0.15, -0.1) is 0 Å². The summed E-state index contributed by atoms with van der Waals surface area (Å²) >= 11 is 0. The van der Waals surface area contributed by atoms with Crippen LogP contribution in [0.25, 0.3) is 0 Å². The minimum Gasteiger partial charge on any atom is -0.480 e. The molecule has 0 saturated heterocycles. The van der Waals surface area contributed by atoms with Crippen molar-refractivity contribution in [2.75, 3.05) is 0 Å². The minimum absolute atomic E-state index is 0.194. The highest BCUT2D eigenvalue weighted by Crippen LogP contribution is 2.46. The van der Waals surface area contributed by atoms with E-state index in [0.717, 1.165) is 25.7 Å². The topological polar surface area (TPSA) is 55.1 Å². The lowest BCUT2D eigenvalue weighted by atomic mass is 10.2. The second-order valence-electron chi connectivity index (χ2n) is 4.68. The first-order valence-electron chi connectivity index (χ1n) is 5.64. The van der Waals surface area contributed by atoms with Gasteiger partial charge in [0, 0.05) is 11.8 Å². The summed E-state index contributed by atoms with van der Waals surface area (Å²) in [7, 11) is 0. The molecule has 2 saturated carbocycles. The van der Waals surface area contributed by atoms with Crippen LogP contribution >= 0.6 is 0 Å². The Kier molecular flexibility index (Phi) is 2.02. The Morgan fingerprint density at radius 1 is 1.38 bits per heavy atom. The number of nitrogens with zero attached hydrogens (tertiary/aromatic N) is 2. The van der Waals surface area contributed by atoms with E-state index in [1.165, 1.54) is 4.68 Å². The van der Waals surface area contributed by atoms with Gasteiger partial charge >= 0.3 is 5.97 Å². The first-order chi connectivity index (χ1) is 7.66. The van der Waals surface area contributed by atoms with Crippen LogP contribution in [0, 0.1) is 5.82 Å². The molecule has 2 fully saturated rings. The molecule has 2 aliphatic rings. The SMILES string of the molecule is O=C(O)Cn1nc(C2CC2)c(F)c1C1CC1. The molecule has 16 heavy (non-hydrogen) atoms. The number of halogens is 1. The van der Waals surface area contributed by atoms with Crippen molar-refractivity contribution in [1.29, 1.82) is 0 Å². The second-order valence-corrected chi connectivity index (χ2v) is 4.68. The zero-order valence-electron chi connectivity index (χ0n) is 8.82. The van der Waals surface area contributed by atoms with Crippen LogP contribution in [-0.4, -0.2) is 20.9 Å². The summed E-state index contributed by atoms with van der Waals surface area (Å²) in [4.78, 5) is 10.7.